The molecular weight excluding hydrogens is 236 g/mol. The summed E-state index contributed by atoms with van der Waals surface area (Å²) in [5.74, 6) is 0. The van der Waals surface area contributed by atoms with E-state index in [0.29, 0.717) is 6.54 Å². The fourth-order valence-corrected chi connectivity index (χ4v) is 1.85. The van der Waals surface area contributed by atoms with Crippen LogP contribution in [0.25, 0.3) is 0 Å². The lowest BCUT2D eigenvalue weighted by Gasteiger charge is -2.15. The molecule has 1 radical (unpaired) electrons. The van der Waals surface area contributed by atoms with Crippen LogP contribution in [0.1, 0.15) is 18.4 Å². The number of nitrogens with zero attached hydrogens (tertiary/aromatic N) is 3. The van der Waals surface area contributed by atoms with Gasteiger partial charge in [0, 0.05) is 20.1 Å². The largest absolute Gasteiger partial charge is 0.317 e. The summed E-state index contributed by atoms with van der Waals surface area (Å²) >= 11 is 0. The molecule has 1 N–H and O–H groups in total. The SMILES string of the molecule is C[N]CCCNCCCN(C#N)Cc1ccccc1. The van der Waals surface area contributed by atoms with Gasteiger partial charge in [0.1, 0.15) is 0 Å². The highest BCUT2D eigenvalue weighted by Crippen LogP contribution is 2.03. The average Bonchev–Trinajstić information content (AvgIpc) is 2.46. The number of nitriles is 1. The van der Waals surface area contributed by atoms with Crippen molar-refractivity contribution in [3.8, 4) is 6.19 Å². The third-order valence-corrected chi connectivity index (χ3v) is 2.87. The molecule has 0 aliphatic rings. The van der Waals surface area contributed by atoms with Crippen LogP contribution >= 0.6 is 0 Å². The van der Waals surface area contributed by atoms with E-state index in [9.17, 15) is 0 Å². The van der Waals surface area contributed by atoms with Crippen molar-refractivity contribution in [3.05, 3.63) is 35.9 Å². The summed E-state index contributed by atoms with van der Waals surface area (Å²) in [5, 5.41) is 16.5. The quantitative estimate of drug-likeness (QED) is 0.394. The minimum absolute atomic E-state index is 0.700. The van der Waals surface area contributed by atoms with E-state index >= 15 is 0 Å². The molecule has 0 saturated carbocycles. The molecule has 4 nitrogen and oxygen atoms in total. The van der Waals surface area contributed by atoms with Gasteiger partial charge in [-0.3, -0.25) is 0 Å². The van der Waals surface area contributed by atoms with E-state index in [2.05, 4.69) is 29.0 Å². The summed E-state index contributed by atoms with van der Waals surface area (Å²) in [6, 6.07) is 10.1. The third kappa shape index (κ3) is 7.45. The molecule has 0 aromatic heterocycles. The van der Waals surface area contributed by atoms with Crippen molar-refractivity contribution in [3.63, 3.8) is 0 Å². The fraction of sp³-hybridized carbons (Fsp3) is 0.533. The Kier molecular flexibility index (Phi) is 8.45. The van der Waals surface area contributed by atoms with Crippen molar-refractivity contribution < 1.29 is 0 Å². The van der Waals surface area contributed by atoms with Crippen LogP contribution in [0.15, 0.2) is 30.3 Å². The van der Waals surface area contributed by atoms with E-state index in [1.807, 2.05) is 25.2 Å². The second-order valence-electron chi connectivity index (χ2n) is 4.50. The van der Waals surface area contributed by atoms with Crippen molar-refractivity contribution in [1.29, 1.82) is 5.26 Å². The molecular formula is C15H23N4. The van der Waals surface area contributed by atoms with Crippen LogP contribution in [-0.4, -0.2) is 38.1 Å². The second-order valence-corrected chi connectivity index (χ2v) is 4.50. The Labute approximate surface area is 116 Å². The van der Waals surface area contributed by atoms with Crippen LogP contribution in [0.3, 0.4) is 0 Å². The molecule has 0 fully saturated rings. The predicted molar refractivity (Wildman–Crippen MR) is 77.5 cm³/mol. The molecule has 0 aliphatic heterocycles. The molecule has 19 heavy (non-hydrogen) atoms. The molecule has 0 amide bonds. The molecule has 4 heteroatoms. The second kappa shape index (κ2) is 10.4. The summed E-state index contributed by atoms with van der Waals surface area (Å²) in [4.78, 5) is 1.80. The maximum absolute atomic E-state index is 9.10. The van der Waals surface area contributed by atoms with E-state index in [1.54, 1.807) is 4.90 Å². The Bertz CT molecular complexity index is 358. The predicted octanol–water partition coefficient (Wildman–Crippen LogP) is 1.57. The van der Waals surface area contributed by atoms with E-state index < -0.39 is 0 Å². The minimum atomic E-state index is 0.700. The molecule has 0 saturated heterocycles. The Morgan fingerprint density at radius 2 is 1.95 bits per heavy atom. The molecule has 0 unspecified atom stereocenters. The topological polar surface area (TPSA) is 53.2 Å². The minimum Gasteiger partial charge on any atom is -0.317 e. The number of nitrogens with one attached hydrogen (secondary N) is 1. The Morgan fingerprint density at radius 1 is 1.21 bits per heavy atom. The van der Waals surface area contributed by atoms with Crippen molar-refractivity contribution in [2.75, 3.05) is 33.2 Å². The number of hydrogen-bond acceptors (Lipinski definition) is 3. The van der Waals surface area contributed by atoms with Gasteiger partial charge in [-0.2, -0.15) is 5.26 Å². The molecule has 0 atom stereocenters. The van der Waals surface area contributed by atoms with Gasteiger partial charge in [-0.15, -0.1) is 0 Å². The summed E-state index contributed by atoms with van der Waals surface area (Å²) in [6.45, 7) is 4.38. The zero-order valence-corrected chi connectivity index (χ0v) is 11.7. The average molecular weight is 259 g/mol. The number of benzene rings is 1. The van der Waals surface area contributed by atoms with E-state index in [0.717, 1.165) is 39.0 Å². The first-order valence-electron chi connectivity index (χ1n) is 6.81. The van der Waals surface area contributed by atoms with Crippen LogP contribution in [-0.2, 0) is 6.54 Å². The van der Waals surface area contributed by atoms with Gasteiger partial charge in [0.15, 0.2) is 6.19 Å². The van der Waals surface area contributed by atoms with Gasteiger partial charge >= 0.3 is 0 Å². The van der Waals surface area contributed by atoms with Gasteiger partial charge < -0.3 is 10.2 Å². The van der Waals surface area contributed by atoms with Crippen molar-refractivity contribution >= 4 is 0 Å². The molecule has 1 rings (SSSR count). The van der Waals surface area contributed by atoms with E-state index in [-0.39, 0.29) is 0 Å². The van der Waals surface area contributed by atoms with Gasteiger partial charge in [0.25, 0.3) is 0 Å². The van der Waals surface area contributed by atoms with Gasteiger partial charge in [-0.25, -0.2) is 5.32 Å². The smallest absolute Gasteiger partial charge is 0.179 e. The first kappa shape index (κ1) is 15.5. The van der Waals surface area contributed by atoms with Crippen LogP contribution in [0.2, 0.25) is 0 Å². The lowest BCUT2D eigenvalue weighted by molar-refractivity contribution is 0.373. The zero-order chi connectivity index (χ0) is 13.8. The highest BCUT2D eigenvalue weighted by Gasteiger charge is 2.02. The van der Waals surface area contributed by atoms with Crippen molar-refractivity contribution in [2.45, 2.75) is 19.4 Å². The summed E-state index contributed by atoms with van der Waals surface area (Å²) in [5.41, 5.74) is 1.18. The van der Waals surface area contributed by atoms with Crippen LogP contribution in [0.4, 0.5) is 0 Å². The summed E-state index contributed by atoms with van der Waals surface area (Å²) < 4.78 is 0. The molecule has 1 aromatic rings. The molecule has 0 heterocycles. The highest BCUT2D eigenvalue weighted by molar-refractivity contribution is 5.14. The molecule has 0 bridgehead atoms. The van der Waals surface area contributed by atoms with Crippen molar-refractivity contribution in [1.82, 2.24) is 15.5 Å². The summed E-state index contributed by atoms with van der Waals surface area (Å²) in [7, 11) is 1.84. The van der Waals surface area contributed by atoms with Crippen LogP contribution < -0.4 is 10.6 Å². The monoisotopic (exact) mass is 259 g/mol. The maximum atomic E-state index is 9.10. The standard InChI is InChI=1S/C15H23N4/c1-17-9-5-10-18-11-6-12-19(14-16)13-15-7-3-2-4-8-15/h2-4,7-8,18H,5-6,9-13H2,1H3. The van der Waals surface area contributed by atoms with Crippen molar-refractivity contribution in [2.24, 2.45) is 0 Å². The first-order chi connectivity index (χ1) is 9.36. The Hall–Kier alpha value is -1.57. The van der Waals surface area contributed by atoms with Crippen LogP contribution in [0.5, 0.6) is 0 Å². The third-order valence-electron chi connectivity index (χ3n) is 2.87. The first-order valence-corrected chi connectivity index (χ1v) is 6.81. The van der Waals surface area contributed by atoms with E-state index in [1.165, 1.54) is 5.56 Å². The van der Waals surface area contributed by atoms with Crippen LogP contribution in [0, 0.1) is 11.5 Å². The lowest BCUT2D eigenvalue weighted by atomic mass is 10.2. The van der Waals surface area contributed by atoms with Gasteiger partial charge in [-0.1, -0.05) is 30.3 Å². The summed E-state index contributed by atoms with van der Waals surface area (Å²) in [6.07, 6.45) is 4.33. The van der Waals surface area contributed by atoms with Gasteiger partial charge in [0.2, 0.25) is 0 Å². The zero-order valence-electron chi connectivity index (χ0n) is 11.7. The fourth-order valence-electron chi connectivity index (χ4n) is 1.85. The molecule has 0 aliphatic carbocycles. The normalized spacial score (nSPS) is 10.1. The van der Waals surface area contributed by atoms with Gasteiger partial charge in [-0.05, 0) is 31.5 Å². The molecule has 0 spiro atoms. The Morgan fingerprint density at radius 3 is 2.63 bits per heavy atom. The van der Waals surface area contributed by atoms with E-state index in [4.69, 9.17) is 5.26 Å². The molecule has 1 aromatic carbocycles. The van der Waals surface area contributed by atoms with Gasteiger partial charge in [0.05, 0.1) is 6.54 Å². The lowest BCUT2D eigenvalue weighted by Crippen LogP contribution is -2.24. The maximum Gasteiger partial charge on any atom is 0.179 e. The molecule has 103 valence electrons. The number of rotatable bonds is 10. The highest BCUT2D eigenvalue weighted by atomic mass is 15.1. The Balaban J connectivity index is 2.11. The number of hydrogen-bond donors (Lipinski definition) is 1.